The van der Waals surface area contributed by atoms with Crippen LogP contribution < -0.4 is 10.1 Å². The Morgan fingerprint density at radius 1 is 1.12 bits per heavy atom. The van der Waals surface area contributed by atoms with Crippen LogP contribution in [0.3, 0.4) is 0 Å². The minimum Gasteiger partial charge on any atom is -0.460 e. The molecule has 26 heavy (non-hydrogen) atoms. The van der Waals surface area contributed by atoms with Crippen LogP contribution in [-0.2, 0) is 4.79 Å². The van der Waals surface area contributed by atoms with Gasteiger partial charge in [-0.15, -0.1) is 0 Å². The van der Waals surface area contributed by atoms with Gasteiger partial charge in [-0.3, -0.25) is 4.79 Å². The van der Waals surface area contributed by atoms with E-state index in [1.54, 1.807) is 0 Å². The van der Waals surface area contributed by atoms with E-state index in [1.165, 1.54) is 12.0 Å². The van der Waals surface area contributed by atoms with Gasteiger partial charge in [0, 0.05) is 30.4 Å². The fourth-order valence-corrected chi connectivity index (χ4v) is 3.03. The number of carbonyl (C=O) groups excluding carboxylic acids is 1. The van der Waals surface area contributed by atoms with Gasteiger partial charge in [-0.2, -0.15) is 0 Å². The topological polar surface area (TPSA) is 64.1 Å². The molecule has 2 aromatic rings. The summed E-state index contributed by atoms with van der Waals surface area (Å²) in [6.07, 6.45) is 9.45. The molecule has 0 aliphatic heterocycles. The summed E-state index contributed by atoms with van der Waals surface area (Å²) in [7, 11) is 0. The van der Waals surface area contributed by atoms with Crippen molar-refractivity contribution in [2.45, 2.75) is 51.0 Å². The lowest BCUT2D eigenvalue weighted by Gasteiger charge is -2.24. The molecule has 136 valence electrons. The first-order valence-electron chi connectivity index (χ1n) is 9.56. The monoisotopic (exact) mass is 351 g/mol. The highest BCUT2D eigenvalue weighted by Gasteiger charge is 2.29. The van der Waals surface area contributed by atoms with Crippen molar-refractivity contribution in [1.82, 2.24) is 15.3 Å². The summed E-state index contributed by atoms with van der Waals surface area (Å²) in [6, 6.07) is 8.86. The SMILES string of the molecule is CC(CNC(=O)C1CC1)c1ccc(-c2cnc(OC3CCC3)nc2)cc1. The molecule has 2 saturated carbocycles. The van der Waals surface area contributed by atoms with Crippen LogP contribution in [0.25, 0.3) is 11.1 Å². The molecule has 1 atom stereocenters. The maximum absolute atomic E-state index is 11.8. The van der Waals surface area contributed by atoms with Gasteiger partial charge in [0.2, 0.25) is 5.91 Å². The fraction of sp³-hybridized carbons (Fsp3) is 0.476. The Morgan fingerprint density at radius 2 is 1.81 bits per heavy atom. The van der Waals surface area contributed by atoms with Crippen molar-refractivity contribution in [2.24, 2.45) is 5.92 Å². The molecular weight excluding hydrogens is 326 g/mol. The third-order valence-electron chi connectivity index (χ3n) is 5.30. The van der Waals surface area contributed by atoms with Crippen LogP contribution in [0.2, 0.25) is 0 Å². The minimum absolute atomic E-state index is 0.204. The largest absolute Gasteiger partial charge is 0.460 e. The van der Waals surface area contributed by atoms with E-state index in [2.05, 4.69) is 46.5 Å². The zero-order valence-electron chi connectivity index (χ0n) is 15.1. The first-order chi connectivity index (χ1) is 12.7. The standard InChI is InChI=1S/C21H25N3O2/c1-14(11-22-20(25)17-9-10-17)15-5-7-16(8-6-15)18-12-23-21(24-13-18)26-19-3-2-4-19/h5-8,12-14,17,19H,2-4,9-11H2,1H3,(H,22,25). The summed E-state index contributed by atoms with van der Waals surface area (Å²) in [5, 5.41) is 3.05. The Bertz CT molecular complexity index is 750. The van der Waals surface area contributed by atoms with E-state index >= 15 is 0 Å². The first kappa shape index (κ1) is 17.0. The zero-order chi connectivity index (χ0) is 17.9. The number of aromatic nitrogens is 2. The van der Waals surface area contributed by atoms with Gasteiger partial charge >= 0.3 is 6.01 Å². The smallest absolute Gasteiger partial charge is 0.316 e. The van der Waals surface area contributed by atoms with Gasteiger partial charge in [0.25, 0.3) is 0 Å². The lowest BCUT2D eigenvalue weighted by atomic mass is 9.96. The van der Waals surface area contributed by atoms with Crippen LogP contribution in [0.4, 0.5) is 0 Å². The molecule has 4 rings (SSSR count). The van der Waals surface area contributed by atoms with Crippen LogP contribution in [0.1, 0.15) is 50.5 Å². The molecule has 1 aromatic carbocycles. The Morgan fingerprint density at radius 3 is 2.38 bits per heavy atom. The summed E-state index contributed by atoms with van der Waals surface area (Å²) in [4.78, 5) is 20.4. The molecule has 1 aromatic heterocycles. The van der Waals surface area contributed by atoms with E-state index in [-0.39, 0.29) is 11.8 Å². The van der Waals surface area contributed by atoms with Crippen molar-refractivity contribution in [2.75, 3.05) is 6.54 Å². The third kappa shape index (κ3) is 4.03. The second-order valence-electron chi connectivity index (χ2n) is 7.47. The number of carbonyl (C=O) groups is 1. The highest BCUT2D eigenvalue weighted by molar-refractivity contribution is 5.80. The van der Waals surface area contributed by atoms with Crippen molar-refractivity contribution in [3.8, 4) is 17.1 Å². The molecule has 1 N–H and O–H groups in total. The molecule has 2 aliphatic rings. The average Bonchev–Trinajstić information content (AvgIpc) is 3.48. The second kappa shape index (κ2) is 7.44. The van der Waals surface area contributed by atoms with Gasteiger partial charge < -0.3 is 10.1 Å². The van der Waals surface area contributed by atoms with Crippen molar-refractivity contribution in [3.05, 3.63) is 42.2 Å². The Labute approximate surface area is 154 Å². The van der Waals surface area contributed by atoms with Crippen molar-refractivity contribution in [3.63, 3.8) is 0 Å². The normalized spacial score (nSPS) is 18.0. The van der Waals surface area contributed by atoms with Gasteiger partial charge in [-0.25, -0.2) is 9.97 Å². The molecule has 2 fully saturated rings. The highest BCUT2D eigenvalue weighted by atomic mass is 16.5. The predicted octanol–water partition coefficient (Wildman–Crippen LogP) is 3.70. The molecule has 0 radical (unpaired) electrons. The lowest BCUT2D eigenvalue weighted by molar-refractivity contribution is -0.122. The second-order valence-corrected chi connectivity index (χ2v) is 7.47. The summed E-state index contributed by atoms with van der Waals surface area (Å²) >= 11 is 0. The summed E-state index contributed by atoms with van der Waals surface area (Å²) in [5.41, 5.74) is 3.28. The number of ether oxygens (including phenoxy) is 1. The molecular formula is C21H25N3O2. The van der Waals surface area contributed by atoms with Gasteiger partial charge in [0.1, 0.15) is 6.10 Å². The molecule has 2 aliphatic carbocycles. The molecule has 0 spiro atoms. The van der Waals surface area contributed by atoms with Gasteiger partial charge in [-0.05, 0) is 49.1 Å². The number of benzene rings is 1. The van der Waals surface area contributed by atoms with Gasteiger partial charge in [0.05, 0.1) is 0 Å². The molecule has 1 amide bonds. The Hall–Kier alpha value is -2.43. The average molecular weight is 351 g/mol. The maximum atomic E-state index is 11.8. The van der Waals surface area contributed by atoms with E-state index in [9.17, 15) is 4.79 Å². The van der Waals surface area contributed by atoms with Crippen LogP contribution >= 0.6 is 0 Å². The van der Waals surface area contributed by atoms with Crippen LogP contribution in [0.15, 0.2) is 36.7 Å². The molecule has 1 heterocycles. The van der Waals surface area contributed by atoms with E-state index < -0.39 is 0 Å². The van der Waals surface area contributed by atoms with Crippen molar-refractivity contribution >= 4 is 5.91 Å². The van der Waals surface area contributed by atoms with Gasteiger partial charge in [-0.1, -0.05) is 31.2 Å². The highest BCUT2D eigenvalue weighted by Crippen LogP contribution is 2.29. The van der Waals surface area contributed by atoms with Crippen molar-refractivity contribution in [1.29, 1.82) is 0 Å². The number of nitrogens with one attached hydrogen (secondary N) is 1. The van der Waals surface area contributed by atoms with E-state index in [0.717, 1.165) is 36.8 Å². The van der Waals surface area contributed by atoms with E-state index in [4.69, 9.17) is 4.74 Å². The summed E-state index contributed by atoms with van der Waals surface area (Å²) in [5.74, 6) is 0.761. The van der Waals surface area contributed by atoms with Crippen LogP contribution in [0, 0.1) is 5.92 Å². The summed E-state index contributed by atoms with van der Waals surface area (Å²) in [6.45, 7) is 2.82. The maximum Gasteiger partial charge on any atom is 0.316 e. The minimum atomic E-state index is 0.204. The Balaban J connectivity index is 1.34. The van der Waals surface area contributed by atoms with Crippen LogP contribution in [0.5, 0.6) is 6.01 Å². The predicted molar refractivity (Wildman–Crippen MR) is 99.9 cm³/mol. The fourth-order valence-electron chi connectivity index (χ4n) is 3.03. The lowest BCUT2D eigenvalue weighted by Crippen LogP contribution is -2.28. The third-order valence-corrected chi connectivity index (χ3v) is 5.30. The molecule has 5 nitrogen and oxygen atoms in total. The van der Waals surface area contributed by atoms with E-state index in [1.807, 2.05) is 12.4 Å². The quantitative estimate of drug-likeness (QED) is 0.826. The Kier molecular flexibility index (Phi) is 4.87. The molecule has 0 saturated heterocycles. The molecule has 0 bridgehead atoms. The number of hydrogen-bond acceptors (Lipinski definition) is 4. The number of hydrogen-bond donors (Lipinski definition) is 1. The zero-order valence-corrected chi connectivity index (χ0v) is 15.1. The molecule has 1 unspecified atom stereocenters. The first-order valence-corrected chi connectivity index (χ1v) is 9.56. The van der Waals surface area contributed by atoms with E-state index in [0.29, 0.717) is 24.6 Å². The number of rotatable bonds is 7. The van der Waals surface area contributed by atoms with Crippen LogP contribution in [-0.4, -0.2) is 28.5 Å². The summed E-state index contributed by atoms with van der Waals surface area (Å²) < 4.78 is 5.70. The number of nitrogens with zero attached hydrogens (tertiary/aromatic N) is 2. The van der Waals surface area contributed by atoms with Gasteiger partial charge in [0.15, 0.2) is 0 Å². The molecule has 5 heteroatoms. The van der Waals surface area contributed by atoms with Crippen molar-refractivity contribution < 1.29 is 9.53 Å². The number of amides is 1.